The first-order valence-corrected chi connectivity index (χ1v) is 6.56. The van der Waals surface area contributed by atoms with Gasteiger partial charge >= 0.3 is 0 Å². The molecule has 3 aromatic rings. The molecule has 0 aliphatic heterocycles. The average Bonchev–Trinajstić information content (AvgIpc) is 2.83. The van der Waals surface area contributed by atoms with Gasteiger partial charge in [-0.1, -0.05) is 18.2 Å². The van der Waals surface area contributed by atoms with Gasteiger partial charge in [-0.2, -0.15) is 0 Å². The van der Waals surface area contributed by atoms with E-state index in [-0.39, 0.29) is 0 Å². The molecule has 16 heavy (non-hydrogen) atoms. The molecule has 0 bridgehead atoms. The molecule has 3 rings (SSSR count). The van der Waals surface area contributed by atoms with Gasteiger partial charge in [-0.05, 0) is 28.9 Å². The number of para-hydroxylation sites is 1. The fraction of sp³-hybridized carbons (Fsp3) is 0.0833. The molecule has 2 aromatic heterocycles. The van der Waals surface area contributed by atoms with Crippen LogP contribution in [0.25, 0.3) is 21.5 Å². The summed E-state index contributed by atoms with van der Waals surface area (Å²) < 4.78 is 0.942. The number of aryl methyl sites for hydroxylation is 1. The quantitative estimate of drug-likeness (QED) is 0.709. The van der Waals surface area contributed by atoms with E-state index < -0.39 is 0 Å². The topological polar surface area (TPSA) is 28.7 Å². The lowest BCUT2D eigenvalue weighted by molar-refractivity contribution is 1.32. The van der Waals surface area contributed by atoms with Gasteiger partial charge in [0.2, 0.25) is 0 Å². The number of rotatable bonds is 1. The monoisotopic (exact) mass is 292 g/mol. The van der Waals surface area contributed by atoms with Crippen molar-refractivity contribution in [3.63, 3.8) is 0 Å². The molecule has 0 spiro atoms. The van der Waals surface area contributed by atoms with Crippen molar-refractivity contribution < 1.29 is 0 Å². The SMILES string of the molecule is Cc1sc(-c2c[nH]c3ccccc23)nc1Br. The third kappa shape index (κ3) is 1.49. The van der Waals surface area contributed by atoms with Crippen molar-refractivity contribution in [1.29, 1.82) is 0 Å². The Morgan fingerprint density at radius 2 is 2.12 bits per heavy atom. The second-order valence-electron chi connectivity index (χ2n) is 3.61. The first kappa shape index (κ1) is 10.1. The molecule has 80 valence electrons. The molecular formula is C12H9BrN2S. The maximum absolute atomic E-state index is 4.52. The van der Waals surface area contributed by atoms with Crippen LogP contribution in [0.3, 0.4) is 0 Å². The normalized spacial score (nSPS) is 11.1. The van der Waals surface area contributed by atoms with Crippen LogP contribution >= 0.6 is 27.3 Å². The summed E-state index contributed by atoms with van der Waals surface area (Å²) in [7, 11) is 0. The molecule has 0 radical (unpaired) electrons. The van der Waals surface area contributed by atoms with E-state index in [4.69, 9.17) is 0 Å². The van der Waals surface area contributed by atoms with Crippen molar-refractivity contribution in [2.45, 2.75) is 6.92 Å². The van der Waals surface area contributed by atoms with Crippen LogP contribution in [-0.4, -0.2) is 9.97 Å². The largest absolute Gasteiger partial charge is 0.360 e. The summed E-state index contributed by atoms with van der Waals surface area (Å²) in [5.74, 6) is 0. The summed E-state index contributed by atoms with van der Waals surface area (Å²) in [5, 5.41) is 2.28. The second-order valence-corrected chi connectivity index (χ2v) is 5.57. The standard InChI is InChI=1S/C12H9BrN2S/c1-7-11(13)15-12(16-7)9-6-14-10-5-3-2-4-8(9)10/h2-6,14H,1H3. The number of hydrogen-bond donors (Lipinski definition) is 1. The summed E-state index contributed by atoms with van der Waals surface area (Å²) in [6, 6.07) is 8.28. The van der Waals surface area contributed by atoms with E-state index in [1.807, 2.05) is 12.3 Å². The van der Waals surface area contributed by atoms with Crippen LogP contribution in [0.4, 0.5) is 0 Å². The first-order valence-electron chi connectivity index (χ1n) is 4.95. The van der Waals surface area contributed by atoms with Crippen LogP contribution in [0.1, 0.15) is 4.88 Å². The van der Waals surface area contributed by atoms with Gasteiger partial charge in [0.1, 0.15) is 9.61 Å². The van der Waals surface area contributed by atoms with E-state index in [0.29, 0.717) is 0 Å². The summed E-state index contributed by atoms with van der Waals surface area (Å²) >= 11 is 5.16. The molecule has 2 nitrogen and oxygen atoms in total. The van der Waals surface area contributed by atoms with Crippen molar-refractivity contribution in [3.8, 4) is 10.6 Å². The predicted molar refractivity (Wildman–Crippen MR) is 71.8 cm³/mol. The van der Waals surface area contributed by atoms with Gasteiger partial charge in [-0.25, -0.2) is 4.98 Å². The van der Waals surface area contributed by atoms with Crippen molar-refractivity contribution in [1.82, 2.24) is 9.97 Å². The Bertz CT molecular complexity index is 634. The van der Waals surface area contributed by atoms with E-state index >= 15 is 0 Å². The number of thiazole rings is 1. The van der Waals surface area contributed by atoms with Gasteiger partial charge in [-0.3, -0.25) is 0 Å². The van der Waals surface area contributed by atoms with Gasteiger partial charge in [0.25, 0.3) is 0 Å². The highest BCUT2D eigenvalue weighted by molar-refractivity contribution is 9.10. The highest BCUT2D eigenvalue weighted by Crippen LogP contribution is 2.34. The molecular weight excluding hydrogens is 284 g/mol. The van der Waals surface area contributed by atoms with Crippen LogP contribution in [0.15, 0.2) is 35.1 Å². The summed E-state index contributed by atoms with van der Waals surface area (Å²) in [6.07, 6.45) is 2.02. The number of benzene rings is 1. The third-order valence-corrected chi connectivity index (χ3v) is 4.60. The van der Waals surface area contributed by atoms with Gasteiger partial charge in [-0.15, -0.1) is 11.3 Å². The Morgan fingerprint density at radius 1 is 1.31 bits per heavy atom. The molecule has 0 unspecified atom stereocenters. The fourth-order valence-corrected chi connectivity index (χ4v) is 3.11. The molecule has 0 saturated heterocycles. The Labute approximate surface area is 105 Å². The van der Waals surface area contributed by atoms with Crippen LogP contribution in [-0.2, 0) is 0 Å². The number of nitrogens with one attached hydrogen (secondary N) is 1. The summed E-state index contributed by atoms with van der Waals surface area (Å²) in [5.41, 5.74) is 2.33. The van der Waals surface area contributed by atoms with Crippen molar-refractivity contribution in [2.75, 3.05) is 0 Å². The van der Waals surface area contributed by atoms with Gasteiger partial charge < -0.3 is 4.98 Å². The highest BCUT2D eigenvalue weighted by atomic mass is 79.9. The average molecular weight is 293 g/mol. The van der Waals surface area contributed by atoms with Gasteiger partial charge in [0.15, 0.2) is 0 Å². The zero-order valence-corrected chi connectivity index (χ0v) is 11.0. The molecule has 0 saturated carbocycles. The lowest BCUT2D eigenvalue weighted by Crippen LogP contribution is -1.72. The molecule has 1 aromatic carbocycles. The number of nitrogens with zero attached hydrogens (tertiary/aromatic N) is 1. The number of aromatic nitrogens is 2. The van der Waals surface area contributed by atoms with E-state index in [1.165, 1.54) is 15.8 Å². The highest BCUT2D eigenvalue weighted by Gasteiger charge is 2.11. The zero-order chi connectivity index (χ0) is 11.1. The lowest BCUT2D eigenvalue weighted by atomic mass is 10.2. The Balaban J connectivity index is 2.26. The molecule has 0 aliphatic carbocycles. The van der Waals surface area contributed by atoms with Crippen molar-refractivity contribution >= 4 is 38.2 Å². The first-order chi connectivity index (χ1) is 7.75. The van der Waals surface area contributed by atoms with Crippen LogP contribution in [0.5, 0.6) is 0 Å². The Morgan fingerprint density at radius 3 is 2.88 bits per heavy atom. The predicted octanol–water partition coefficient (Wildman–Crippen LogP) is 4.36. The van der Waals surface area contributed by atoms with E-state index in [2.05, 4.69) is 51.0 Å². The molecule has 1 N–H and O–H groups in total. The summed E-state index contributed by atoms with van der Waals surface area (Å²) in [6.45, 7) is 2.07. The third-order valence-electron chi connectivity index (χ3n) is 2.56. The Hall–Kier alpha value is -1.13. The molecule has 4 heteroatoms. The van der Waals surface area contributed by atoms with Crippen LogP contribution in [0.2, 0.25) is 0 Å². The maximum atomic E-state index is 4.52. The zero-order valence-electron chi connectivity index (χ0n) is 8.62. The number of fused-ring (bicyclic) bond motifs is 1. The molecule has 0 aliphatic rings. The Kier molecular flexibility index (Phi) is 2.33. The molecule has 2 heterocycles. The van der Waals surface area contributed by atoms with Crippen LogP contribution in [0, 0.1) is 6.92 Å². The maximum Gasteiger partial charge on any atom is 0.127 e. The number of halogens is 1. The van der Waals surface area contributed by atoms with E-state index in [0.717, 1.165) is 15.1 Å². The van der Waals surface area contributed by atoms with E-state index in [9.17, 15) is 0 Å². The molecule has 0 fully saturated rings. The smallest absolute Gasteiger partial charge is 0.127 e. The molecule has 0 amide bonds. The fourth-order valence-electron chi connectivity index (χ4n) is 1.74. The number of aromatic amines is 1. The summed E-state index contributed by atoms with van der Waals surface area (Å²) in [4.78, 5) is 8.99. The van der Waals surface area contributed by atoms with Gasteiger partial charge in [0.05, 0.1) is 0 Å². The number of H-pyrrole nitrogens is 1. The minimum absolute atomic E-state index is 0.942. The minimum atomic E-state index is 0.942. The van der Waals surface area contributed by atoms with Gasteiger partial charge in [0, 0.05) is 27.5 Å². The van der Waals surface area contributed by atoms with Crippen molar-refractivity contribution in [3.05, 3.63) is 39.9 Å². The second kappa shape index (κ2) is 3.71. The molecule has 0 atom stereocenters. The van der Waals surface area contributed by atoms with E-state index in [1.54, 1.807) is 11.3 Å². The lowest BCUT2D eigenvalue weighted by Gasteiger charge is -1.92. The van der Waals surface area contributed by atoms with Crippen LogP contribution < -0.4 is 0 Å². The minimum Gasteiger partial charge on any atom is -0.360 e. The number of hydrogen-bond acceptors (Lipinski definition) is 2. The van der Waals surface area contributed by atoms with Crippen molar-refractivity contribution in [2.24, 2.45) is 0 Å².